The number of thioether (sulfide) groups is 1. The number of para-hydroxylation sites is 2. The average Bonchev–Trinajstić information content (AvgIpc) is 3.29. The van der Waals surface area contributed by atoms with E-state index < -0.39 is 0 Å². The third kappa shape index (κ3) is 3.68. The second-order valence-corrected chi connectivity index (χ2v) is 8.11. The van der Waals surface area contributed by atoms with E-state index in [9.17, 15) is 0 Å². The van der Waals surface area contributed by atoms with Crippen LogP contribution in [0.2, 0.25) is 0 Å². The van der Waals surface area contributed by atoms with Gasteiger partial charge >= 0.3 is 0 Å². The van der Waals surface area contributed by atoms with Crippen LogP contribution in [0.1, 0.15) is 5.69 Å². The van der Waals surface area contributed by atoms with Gasteiger partial charge < -0.3 is 14.5 Å². The van der Waals surface area contributed by atoms with Gasteiger partial charge in [-0.1, -0.05) is 23.9 Å². The normalized spacial score (nSPS) is 14.2. The van der Waals surface area contributed by atoms with E-state index in [-0.39, 0.29) is 0 Å². The third-order valence-electron chi connectivity index (χ3n) is 5.53. The van der Waals surface area contributed by atoms with Crippen LogP contribution in [0.25, 0.3) is 17.2 Å². The maximum absolute atomic E-state index is 5.52. The number of hydrogen-bond donors (Lipinski definition) is 0. The second-order valence-electron chi connectivity index (χ2n) is 7.33. The van der Waals surface area contributed by atoms with Crippen LogP contribution in [0.5, 0.6) is 5.75 Å². The van der Waals surface area contributed by atoms with Crippen molar-refractivity contribution in [1.82, 2.24) is 34.8 Å². The van der Waals surface area contributed by atoms with Crippen molar-refractivity contribution in [3.63, 3.8) is 0 Å². The van der Waals surface area contributed by atoms with Crippen LogP contribution in [-0.2, 0) is 0 Å². The first-order valence-electron chi connectivity index (χ1n) is 10.3. The zero-order valence-corrected chi connectivity index (χ0v) is 19.0. The Bertz CT molecular complexity index is 1250. The van der Waals surface area contributed by atoms with Crippen molar-refractivity contribution in [2.24, 2.45) is 0 Å². The van der Waals surface area contributed by atoms with Crippen molar-refractivity contribution in [2.45, 2.75) is 12.1 Å². The Labute approximate surface area is 189 Å². The molecule has 10 nitrogen and oxygen atoms in total. The molecule has 0 bridgehead atoms. The third-order valence-corrected chi connectivity index (χ3v) is 6.06. The van der Waals surface area contributed by atoms with E-state index in [0.717, 1.165) is 49.0 Å². The lowest BCUT2D eigenvalue weighted by Crippen LogP contribution is -2.47. The molecule has 4 heterocycles. The van der Waals surface area contributed by atoms with Gasteiger partial charge in [-0.2, -0.15) is 9.50 Å². The number of rotatable bonds is 5. The molecule has 0 atom stereocenters. The van der Waals surface area contributed by atoms with Crippen LogP contribution in [-0.4, -0.2) is 74.3 Å². The van der Waals surface area contributed by atoms with E-state index in [0.29, 0.717) is 22.6 Å². The molecule has 1 saturated heterocycles. The van der Waals surface area contributed by atoms with Gasteiger partial charge in [-0.25, -0.2) is 9.97 Å². The summed E-state index contributed by atoms with van der Waals surface area (Å²) in [5, 5.41) is 13.7. The number of fused-ring (bicyclic) bond motifs is 1. The standard InChI is InChI=1S/C21H23N9OS/c1-14-18(25-26-20-24-21(32-3)27-30(14)20)15-8-9-22-19(23-15)29-12-10-28(11-13-29)16-6-4-5-7-17(16)31-2/h4-9H,10-13H2,1-3H3. The molecule has 1 aromatic carbocycles. The highest BCUT2D eigenvalue weighted by Crippen LogP contribution is 2.29. The number of piperazine rings is 1. The molecule has 32 heavy (non-hydrogen) atoms. The number of nitrogens with zero attached hydrogens (tertiary/aromatic N) is 9. The van der Waals surface area contributed by atoms with Crippen molar-refractivity contribution < 1.29 is 4.74 Å². The lowest BCUT2D eigenvalue weighted by molar-refractivity contribution is 0.413. The molecule has 0 radical (unpaired) electrons. The van der Waals surface area contributed by atoms with Gasteiger partial charge in [0.05, 0.1) is 24.2 Å². The quantitative estimate of drug-likeness (QED) is 0.422. The minimum Gasteiger partial charge on any atom is -0.495 e. The number of anilines is 2. The first-order chi connectivity index (χ1) is 15.7. The zero-order chi connectivity index (χ0) is 22.1. The summed E-state index contributed by atoms with van der Waals surface area (Å²) >= 11 is 1.47. The van der Waals surface area contributed by atoms with Crippen LogP contribution in [0, 0.1) is 6.92 Å². The molecule has 1 aliphatic heterocycles. The topological polar surface area (TPSA) is 97.5 Å². The van der Waals surface area contributed by atoms with Gasteiger partial charge in [0.1, 0.15) is 11.4 Å². The number of hydrogen-bond acceptors (Lipinski definition) is 10. The Hall–Kier alpha value is -3.47. The SMILES string of the molecule is COc1ccccc1N1CCN(c2nccc(-c3nnc4nc(SC)nn4c3C)n2)CC1. The molecule has 0 N–H and O–H groups in total. The maximum atomic E-state index is 5.52. The van der Waals surface area contributed by atoms with E-state index in [1.54, 1.807) is 17.8 Å². The van der Waals surface area contributed by atoms with E-state index in [4.69, 9.17) is 9.72 Å². The Morgan fingerprint density at radius 1 is 0.969 bits per heavy atom. The highest BCUT2D eigenvalue weighted by Gasteiger charge is 2.22. The molecule has 4 aromatic rings. The summed E-state index contributed by atoms with van der Waals surface area (Å²) in [5.74, 6) is 2.06. The molecular weight excluding hydrogens is 426 g/mol. The molecule has 0 amide bonds. The smallest absolute Gasteiger partial charge is 0.272 e. The predicted octanol–water partition coefficient (Wildman–Crippen LogP) is 2.34. The van der Waals surface area contributed by atoms with Crippen LogP contribution in [0.3, 0.4) is 0 Å². The van der Waals surface area contributed by atoms with E-state index in [2.05, 4.69) is 41.1 Å². The largest absolute Gasteiger partial charge is 0.495 e. The lowest BCUT2D eigenvalue weighted by atomic mass is 10.2. The molecule has 11 heteroatoms. The number of methoxy groups -OCH3 is 1. The van der Waals surface area contributed by atoms with Crippen LogP contribution in [0.15, 0.2) is 41.7 Å². The van der Waals surface area contributed by atoms with Crippen molar-refractivity contribution in [3.8, 4) is 17.1 Å². The van der Waals surface area contributed by atoms with Crippen molar-refractivity contribution in [2.75, 3.05) is 49.3 Å². The fraction of sp³-hybridized carbons (Fsp3) is 0.333. The fourth-order valence-electron chi connectivity index (χ4n) is 3.84. The zero-order valence-electron chi connectivity index (χ0n) is 18.1. The highest BCUT2D eigenvalue weighted by atomic mass is 32.2. The first-order valence-corrected chi connectivity index (χ1v) is 11.5. The lowest BCUT2D eigenvalue weighted by Gasteiger charge is -2.36. The van der Waals surface area contributed by atoms with Gasteiger partial charge in [-0.3, -0.25) is 0 Å². The van der Waals surface area contributed by atoms with Crippen LogP contribution >= 0.6 is 11.8 Å². The summed E-state index contributed by atoms with van der Waals surface area (Å²) in [6, 6.07) is 9.96. The van der Waals surface area contributed by atoms with Crippen molar-refractivity contribution in [3.05, 3.63) is 42.2 Å². The van der Waals surface area contributed by atoms with Gasteiger partial charge in [0.2, 0.25) is 11.1 Å². The van der Waals surface area contributed by atoms with E-state index in [1.807, 2.05) is 37.4 Å². The highest BCUT2D eigenvalue weighted by molar-refractivity contribution is 7.98. The summed E-state index contributed by atoms with van der Waals surface area (Å²) in [6.45, 7) is 5.28. The summed E-state index contributed by atoms with van der Waals surface area (Å²) in [6.07, 6.45) is 3.70. The summed E-state index contributed by atoms with van der Waals surface area (Å²) in [5.41, 5.74) is 3.34. The summed E-state index contributed by atoms with van der Waals surface area (Å²) in [4.78, 5) is 18.2. The molecule has 3 aromatic heterocycles. The van der Waals surface area contributed by atoms with Gasteiger partial charge in [-0.15, -0.1) is 15.3 Å². The Morgan fingerprint density at radius 2 is 1.75 bits per heavy atom. The monoisotopic (exact) mass is 449 g/mol. The second kappa shape index (κ2) is 8.58. The molecule has 1 fully saturated rings. The average molecular weight is 450 g/mol. The summed E-state index contributed by atoms with van der Waals surface area (Å²) in [7, 11) is 1.71. The Kier molecular flexibility index (Phi) is 5.48. The number of aromatic nitrogens is 7. The van der Waals surface area contributed by atoms with Gasteiger partial charge in [-0.05, 0) is 31.4 Å². The van der Waals surface area contributed by atoms with Crippen molar-refractivity contribution >= 4 is 29.2 Å². The molecule has 164 valence electrons. The molecule has 1 aliphatic rings. The van der Waals surface area contributed by atoms with Crippen LogP contribution in [0.4, 0.5) is 11.6 Å². The molecule has 0 saturated carbocycles. The predicted molar refractivity (Wildman–Crippen MR) is 124 cm³/mol. The molecule has 0 aliphatic carbocycles. The van der Waals surface area contributed by atoms with Gasteiger partial charge in [0.15, 0.2) is 0 Å². The Balaban J connectivity index is 1.37. The van der Waals surface area contributed by atoms with E-state index >= 15 is 0 Å². The maximum Gasteiger partial charge on any atom is 0.272 e. The number of aryl methyl sites for hydroxylation is 1. The van der Waals surface area contributed by atoms with Gasteiger partial charge in [0, 0.05) is 32.4 Å². The molecular formula is C21H23N9OS. The Morgan fingerprint density at radius 3 is 2.53 bits per heavy atom. The number of ether oxygens (including phenoxy) is 1. The summed E-state index contributed by atoms with van der Waals surface area (Å²) < 4.78 is 7.23. The van der Waals surface area contributed by atoms with E-state index in [1.165, 1.54) is 11.8 Å². The molecule has 0 spiro atoms. The fourth-order valence-corrected chi connectivity index (χ4v) is 4.17. The number of benzene rings is 1. The molecule has 0 unspecified atom stereocenters. The molecule has 5 rings (SSSR count). The minimum absolute atomic E-state index is 0.484. The van der Waals surface area contributed by atoms with Crippen LogP contribution < -0.4 is 14.5 Å². The van der Waals surface area contributed by atoms with Crippen molar-refractivity contribution in [1.29, 1.82) is 0 Å². The first kappa shape index (κ1) is 20.4. The minimum atomic E-state index is 0.484. The van der Waals surface area contributed by atoms with Gasteiger partial charge in [0.25, 0.3) is 5.78 Å².